The monoisotopic (exact) mass is 314 g/mol. The molecule has 0 fully saturated rings. The van der Waals surface area contributed by atoms with Gasteiger partial charge in [0.1, 0.15) is 11.2 Å². The molecule has 0 bridgehead atoms. The summed E-state index contributed by atoms with van der Waals surface area (Å²) in [4.78, 5) is 27.0. The summed E-state index contributed by atoms with van der Waals surface area (Å²) >= 11 is 3.22. The maximum Gasteiger partial charge on any atom is 0.329 e. The van der Waals surface area contributed by atoms with Gasteiger partial charge in [0, 0.05) is 10.7 Å². The number of hydrogen-bond donors (Lipinski definition) is 2. The number of nitrogens with one attached hydrogen (secondary N) is 1. The zero-order valence-electron chi connectivity index (χ0n) is 10.2. The van der Waals surface area contributed by atoms with Crippen molar-refractivity contribution in [1.29, 1.82) is 0 Å². The summed E-state index contributed by atoms with van der Waals surface area (Å²) in [5.41, 5.74) is -1.07. The van der Waals surface area contributed by atoms with Crippen LogP contribution in [-0.4, -0.2) is 27.5 Å². The van der Waals surface area contributed by atoms with Gasteiger partial charge in [0.2, 0.25) is 0 Å². The summed E-state index contributed by atoms with van der Waals surface area (Å²) in [6, 6.07) is 3.22. The quantitative estimate of drug-likeness (QED) is 0.873. The highest BCUT2D eigenvalue weighted by Gasteiger charge is 2.34. The van der Waals surface area contributed by atoms with Crippen LogP contribution < -0.4 is 5.32 Å². The SMILES string of the molecule is CCCC(C)(NC(=O)c1ccc(Br)cn1)C(=O)O. The van der Waals surface area contributed by atoms with Crippen LogP contribution in [-0.2, 0) is 4.79 Å². The van der Waals surface area contributed by atoms with E-state index in [0.717, 1.165) is 4.47 Å². The molecule has 0 aliphatic carbocycles. The maximum atomic E-state index is 11.9. The fourth-order valence-electron chi connectivity index (χ4n) is 1.55. The predicted octanol–water partition coefficient (Wildman–Crippen LogP) is 2.22. The van der Waals surface area contributed by atoms with Gasteiger partial charge in [0.05, 0.1) is 0 Å². The number of nitrogens with zero attached hydrogens (tertiary/aromatic N) is 1. The largest absolute Gasteiger partial charge is 0.480 e. The zero-order chi connectivity index (χ0) is 13.8. The van der Waals surface area contributed by atoms with Crippen LogP contribution in [0, 0.1) is 0 Å². The third-order valence-corrected chi connectivity index (χ3v) is 3.04. The molecule has 6 heteroatoms. The van der Waals surface area contributed by atoms with Crippen LogP contribution in [0.2, 0.25) is 0 Å². The molecular formula is C12H15BrN2O3. The number of rotatable bonds is 5. The second-order valence-corrected chi connectivity index (χ2v) is 5.12. The Bertz CT molecular complexity index is 447. The summed E-state index contributed by atoms with van der Waals surface area (Å²) in [6.45, 7) is 3.36. The zero-order valence-corrected chi connectivity index (χ0v) is 11.8. The fourth-order valence-corrected chi connectivity index (χ4v) is 1.78. The molecular weight excluding hydrogens is 300 g/mol. The van der Waals surface area contributed by atoms with E-state index in [1.54, 1.807) is 6.07 Å². The molecule has 98 valence electrons. The van der Waals surface area contributed by atoms with E-state index in [2.05, 4.69) is 26.2 Å². The molecule has 0 saturated carbocycles. The van der Waals surface area contributed by atoms with Gasteiger partial charge < -0.3 is 10.4 Å². The van der Waals surface area contributed by atoms with Crippen molar-refractivity contribution in [2.75, 3.05) is 0 Å². The molecule has 1 atom stereocenters. The Balaban J connectivity index is 2.85. The van der Waals surface area contributed by atoms with Crippen LogP contribution in [0.5, 0.6) is 0 Å². The lowest BCUT2D eigenvalue weighted by molar-refractivity contribution is -0.144. The van der Waals surface area contributed by atoms with E-state index < -0.39 is 17.4 Å². The van der Waals surface area contributed by atoms with Crippen molar-refractivity contribution in [3.8, 4) is 0 Å². The van der Waals surface area contributed by atoms with Crippen LogP contribution >= 0.6 is 15.9 Å². The molecule has 1 unspecified atom stereocenters. The number of aliphatic carboxylic acids is 1. The molecule has 0 aliphatic rings. The molecule has 0 aromatic carbocycles. The molecule has 0 aliphatic heterocycles. The lowest BCUT2D eigenvalue weighted by Gasteiger charge is -2.25. The Hall–Kier alpha value is -1.43. The number of pyridine rings is 1. The minimum absolute atomic E-state index is 0.196. The molecule has 5 nitrogen and oxygen atoms in total. The van der Waals surface area contributed by atoms with E-state index in [4.69, 9.17) is 5.11 Å². The Labute approximate surface area is 114 Å². The second kappa shape index (κ2) is 5.95. The number of halogens is 1. The number of carbonyl (C=O) groups is 2. The number of hydrogen-bond acceptors (Lipinski definition) is 3. The number of amides is 1. The molecule has 18 heavy (non-hydrogen) atoms. The van der Waals surface area contributed by atoms with Gasteiger partial charge in [-0.1, -0.05) is 13.3 Å². The molecule has 0 spiro atoms. The Morgan fingerprint density at radius 2 is 2.17 bits per heavy atom. The van der Waals surface area contributed by atoms with Crippen molar-refractivity contribution < 1.29 is 14.7 Å². The van der Waals surface area contributed by atoms with Crippen LogP contribution in [0.1, 0.15) is 37.2 Å². The topological polar surface area (TPSA) is 79.3 Å². The first kappa shape index (κ1) is 14.6. The smallest absolute Gasteiger partial charge is 0.329 e. The van der Waals surface area contributed by atoms with Crippen molar-refractivity contribution >= 4 is 27.8 Å². The van der Waals surface area contributed by atoms with E-state index in [1.165, 1.54) is 19.2 Å². The number of carboxylic acid groups (broad SMARTS) is 1. The fraction of sp³-hybridized carbons (Fsp3) is 0.417. The van der Waals surface area contributed by atoms with Crippen molar-refractivity contribution in [3.05, 3.63) is 28.5 Å². The Morgan fingerprint density at radius 1 is 1.50 bits per heavy atom. The molecule has 0 saturated heterocycles. The van der Waals surface area contributed by atoms with E-state index >= 15 is 0 Å². The second-order valence-electron chi connectivity index (χ2n) is 4.20. The third kappa shape index (κ3) is 3.53. The number of carboxylic acids is 1. The average Bonchev–Trinajstić information content (AvgIpc) is 2.29. The minimum Gasteiger partial charge on any atom is -0.480 e. The van der Waals surface area contributed by atoms with E-state index in [-0.39, 0.29) is 5.69 Å². The van der Waals surface area contributed by atoms with Gasteiger partial charge in [0.15, 0.2) is 0 Å². The minimum atomic E-state index is -1.26. The van der Waals surface area contributed by atoms with Gasteiger partial charge in [-0.25, -0.2) is 9.78 Å². The molecule has 1 aromatic heterocycles. The van der Waals surface area contributed by atoms with Gasteiger partial charge in [-0.2, -0.15) is 0 Å². The highest BCUT2D eigenvalue weighted by atomic mass is 79.9. The molecule has 1 rings (SSSR count). The molecule has 1 heterocycles. The van der Waals surface area contributed by atoms with Gasteiger partial charge in [-0.3, -0.25) is 4.79 Å². The summed E-state index contributed by atoms with van der Waals surface area (Å²) in [5.74, 6) is -1.53. The lowest BCUT2D eigenvalue weighted by atomic mass is 9.96. The third-order valence-electron chi connectivity index (χ3n) is 2.57. The van der Waals surface area contributed by atoms with Crippen LogP contribution in [0.4, 0.5) is 0 Å². The summed E-state index contributed by atoms with van der Waals surface area (Å²) in [7, 11) is 0. The highest BCUT2D eigenvalue weighted by molar-refractivity contribution is 9.10. The van der Waals surface area contributed by atoms with Crippen LogP contribution in [0.15, 0.2) is 22.8 Å². The molecule has 1 amide bonds. The highest BCUT2D eigenvalue weighted by Crippen LogP contribution is 2.14. The van der Waals surface area contributed by atoms with Crippen molar-refractivity contribution in [2.24, 2.45) is 0 Å². The number of aromatic nitrogens is 1. The molecule has 0 radical (unpaired) electrons. The van der Waals surface area contributed by atoms with Crippen molar-refractivity contribution in [2.45, 2.75) is 32.2 Å². The Morgan fingerprint density at radius 3 is 2.61 bits per heavy atom. The van der Waals surface area contributed by atoms with Gasteiger partial charge in [-0.15, -0.1) is 0 Å². The maximum absolute atomic E-state index is 11.9. The first-order chi connectivity index (χ1) is 8.39. The first-order valence-corrected chi connectivity index (χ1v) is 6.36. The van der Waals surface area contributed by atoms with Crippen molar-refractivity contribution in [3.63, 3.8) is 0 Å². The van der Waals surface area contributed by atoms with Gasteiger partial charge >= 0.3 is 5.97 Å². The standard InChI is InChI=1S/C12H15BrN2O3/c1-3-6-12(2,11(17)18)15-10(16)9-5-4-8(13)7-14-9/h4-5,7H,3,6H2,1-2H3,(H,15,16)(H,17,18). The average molecular weight is 315 g/mol. The van der Waals surface area contributed by atoms with E-state index in [9.17, 15) is 9.59 Å². The van der Waals surface area contributed by atoms with E-state index in [1.807, 2.05) is 6.92 Å². The predicted molar refractivity (Wildman–Crippen MR) is 70.4 cm³/mol. The van der Waals surface area contributed by atoms with Crippen molar-refractivity contribution in [1.82, 2.24) is 10.3 Å². The van der Waals surface area contributed by atoms with E-state index in [0.29, 0.717) is 12.8 Å². The summed E-state index contributed by atoms with van der Waals surface area (Å²) in [6.07, 6.45) is 2.52. The lowest BCUT2D eigenvalue weighted by Crippen LogP contribution is -2.52. The van der Waals surface area contributed by atoms with Gasteiger partial charge in [0.25, 0.3) is 5.91 Å². The summed E-state index contributed by atoms with van der Waals surface area (Å²) in [5, 5.41) is 11.7. The number of carbonyl (C=O) groups excluding carboxylic acids is 1. The van der Waals surface area contributed by atoms with Gasteiger partial charge in [-0.05, 0) is 41.4 Å². The van der Waals surface area contributed by atoms with Crippen LogP contribution in [0.3, 0.4) is 0 Å². The molecule has 1 aromatic rings. The normalized spacial score (nSPS) is 13.7. The Kier molecular flexibility index (Phi) is 4.84. The van der Waals surface area contributed by atoms with Crippen LogP contribution in [0.25, 0.3) is 0 Å². The molecule has 2 N–H and O–H groups in total. The first-order valence-electron chi connectivity index (χ1n) is 5.56. The summed E-state index contributed by atoms with van der Waals surface area (Å²) < 4.78 is 0.758.